The van der Waals surface area contributed by atoms with Crippen molar-refractivity contribution in [3.63, 3.8) is 0 Å². The molecule has 12 heavy (non-hydrogen) atoms. The van der Waals surface area contributed by atoms with Crippen LogP contribution in [-0.2, 0) is 4.84 Å². The Kier molecular flexibility index (Phi) is 5.51. The zero-order chi connectivity index (χ0) is 9.61. The summed E-state index contributed by atoms with van der Waals surface area (Å²) in [5.41, 5.74) is -0.0513. The molecule has 0 radical (unpaired) electrons. The van der Waals surface area contributed by atoms with Crippen molar-refractivity contribution >= 4 is 0 Å². The monoisotopic (exact) mass is 173 g/mol. The molecule has 0 saturated carbocycles. The molecule has 0 saturated heterocycles. The van der Waals surface area contributed by atoms with Crippen molar-refractivity contribution in [1.29, 1.82) is 0 Å². The normalized spacial score (nSPS) is 12.5. The first-order valence-electron chi connectivity index (χ1n) is 4.93. The van der Waals surface area contributed by atoms with E-state index >= 15 is 0 Å². The van der Waals surface area contributed by atoms with Crippen molar-refractivity contribution in [1.82, 2.24) is 5.06 Å². The Balaban J connectivity index is 3.77. The maximum absolute atomic E-state index is 5.75. The van der Waals surface area contributed by atoms with Crippen LogP contribution in [0.25, 0.3) is 0 Å². The van der Waals surface area contributed by atoms with Crippen molar-refractivity contribution < 1.29 is 4.84 Å². The molecule has 0 aliphatic rings. The summed E-state index contributed by atoms with van der Waals surface area (Å²) < 4.78 is 0. The summed E-state index contributed by atoms with van der Waals surface area (Å²) in [6.45, 7) is 12.7. The smallest absolute Gasteiger partial charge is 0.0815 e. The number of rotatable bonds is 5. The van der Waals surface area contributed by atoms with Crippen LogP contribution in [0.4, 0.5) is 0 Å². The summed E-state index contributed by atoms with van der Waals surface area (Å²) in [4.78, 5) is 5.75. The lowest BCUT2D eigenvalue weighted by Gasteiger charge is -2.29. The average Bonchev–Trinajstić information content (AvgIpc) is 1.84. The number of hydroxylamine groups is 2. The number of nitrogens with zero attached hydrogens (tertiary/aromatic N) is 1. The van der Waals surface area contributed by atoms with Gasteiger partial charge in [0.15, 0.2) is 0 Å². The fraction of sp³-hybridized carbons (Fsp3) is 1.00. The zero-order valence-electron chi connectivity index (χ0n) is 9.18. The Labute approximate surface area is 76.9 Å². The van der Waals surface area contributed by atoms with Crippen molar-refractivity contribution in [3.05, 3.63) is 0 Å². The van der Waals surface area contributed by atoms with Crippen LogP contribution in [0.15, 0.2) is 0 Å². The third-order valence-electron chi connectivity index (χ3n) is 1.35. The second-order valence-corrected chi connectivity index (χ2v) is 4.13. The highest BCUT2D eigenvalue weighted by atomic mass is 16.7. The van der Waals surface area contributed by atoms with Gasteiger partial charge in [0, 0.05) is 13.1 Å². The molecule has 0 fully saturated rings. The molecule has 0 bridgehead atoms. The van der Waals surface area contributed by atoms with Crippen LogP contribution in [0, 0.1) is 0 Å². The molecule has 0 atom stereocenters. The second-order valence-electron chi connectivity index (χ2n) is 4.13. The van der Waals surface area contributed by atoms with Crippen LogP contribution >= 0.6 is 0 Å². The van der Waals surface area contributed by atoms with E-state index in [9.17, 15) is 0 Å². The fourth-order valence-electron chi connectivity index (χ4n) is 1.09. The third kappa shape index (κ3) is 6.62. The topological polar surface area (TPSA) is 12.5 Å². The van der Waals surface area contributed by atoms with Crippen LogP contribution in [0.1, 0.15) is 47.5 Å². The second kappa shape index (κ2) is 5.55. The predicted molar refractivity (Wildman–Crippen MR) is 53.0 cm³/mol. The molecular weight excluding hydrogens is 150 g/mol. The van der Waals surface area contributed by atoms with E-state index in [-0.39, 0.29) is 5.60 Å². The summed E-state index contributed by atoms with van der Waals surface area (Å²) >= 11 is 0. The fourth-order valence-corrected chi connectivity index (χ4v) is 1.09. The standard InChI is InChI=1S/C10H23NO/c1-6-8-11(9-7-2)12-10(3,4)5/h6-9H2,1-5H3. The van der Waals surface area contributed by atoms with E-state index in [1.807, 2.05) is 0 Å². The summed E-state index contributed by atoms with van der Waals surface area (Å²) in [7, 11) is 0. The summed E-state index contributed by atoms with van der Waals surface area (Å²) in [5, 5.41) is 2.07. The lowest BCUT2D eigenvalue weighted by atomic mass is 10.2. The van der Waals surface area contributed by atoms with Gasteiger partial charge in [-0.05, 0) is 33.6 Å². The van der Waals surface area contributed by atoms with Crippen molar-refractivity contribution in [3.8, 4) is 0 Å². The molecule has 0 unspecified atom stereocenters. The Morgan fingerprint density at radius 2 is 1.42 bits per heavy atom. The van der Waals surface area contributed by atoms with Crippen LogP contribution < -0.4 is 0 Å². The lowest BCUT2D eigenvalue weighted by molar-refractivity contribution is -0.228. The molecule has 74 valence electrons. The molecule has 0 aromatic rings. The highest BCUT2D eigenvalue weighted by Crippen LogP contribution is 2.10. The van der Waals surface area contributed by atoms with Gasteiger partial charge in [-0.3, -0.25) is 4.84 Å². The van der Waals surface area contributed by atoms with Gasteiger partial charge in [-0.15, -0.1) is 0 Å². The Bertz CT molecular complexity index is 101. The molecule has 0 amide bonds. The molecule has 0 N–H and O–H groups in total. The SMILES string of the molecule is CCCN(CCC)OC(C)(C)C. The minimum Gasteiger partial charge on any atom is -0.293 e. The van der Waals surface area contributed by atoms with E-state index in [2.05, 4.69) is 39.7 Å². The van der Waals surface area contributed by atoms with Gasteiger partial charge in [-0.25, -0.2) is 0 Å². The molecule has 2 heteroatoms. The summed E-state index contributed by atoms with van der Waals surface area (Å²) in [6.07, 6.45) is 2.30. The van der Waals surface area contributed by atoms with E-state index in [0.717, 1.165) is 25.9 Å². The minimum absolute atomic E-state index is 0.0513. The van der Waals surface area contributed by atoms with Gasteiger partial charge in [0.2, 0.25) is 0 Å². The van der Waals surface area contributed by atoms with Gasteiger partial charge >= 0.3 is 0 Å². The first-order chi connectivity index (χ1) is 5.49. The zero-order valence-corrected chi connectivity index (χ0v) is 9.18. The van der Waals surface area contributed by atoms with Crippen molar-refractivity contribution in [2.24, 2.45) is 0 Å². The van der Waals surface area contributed by atoms with E-state index < -0.39 is 0 Å². The third-order valence-corrected chi connectivity index (χ3v) is 1.35. The van der Waals surface area contributed by atoms with Gasteiger partial charge in [0.25, 0.3) is 0 Å². The molecule has 0 rings (SSSR count). The first-order valence-corrected chi connectivity index (χ1v) is 4.93. The molecule has 2 nitrogen and oxygen atoms in total. The van der Waals surface area contributed by atoms with Gasteiger partial charge in [0.1, 0.15) is 0 Å². The van der Waals surface area contributed by atoms with Gasteiger partial charge < -0.3 is 0 Å². The average molecular weight is 173 g/mol. The molecule has 0 heterocycles. The first kappa shape index (κ1) is 11.9. The molecule has 0 aromatic carbocycles. The summed E-state index contributed by atoms with van der Waals surface area (Å²) in [5.74, 6) is 0. The lowest BCUT2D eigenvalue weighted by Crippen LogP contribution is -2.35. The van der Waals surface area contributed by atoms with E-state index in [1.165, 1.54) is 0 Å². The largest absolute Gasteiger partial charge is 0.293 e. The molecule has 0 aromatic heterocycles. The highest BCUT2D eigenvalue weighted by molar-refractivity contribution is 4.58. The Morgan fingerprint density at radius 1 is 1.00 bits per heavy atom. The number of hydrogen-bond donors (Lipinski definition) is 0. The van der Waals surface area contributed by atoms with Crippen LogP contribution in [0.5, 0.6) is 0 Å². The van der Waals surface area contributed by atoms with E-state index in [0.29, 0.717) is 0 Å². The molecule has 0 spiro atoms. The van der Waals surface area contributed by atoms with Gasteiger partial charge in [-0.1, -0.05) is 13.8 Å². The van der Waals surface area contributed by atoms with Gasteiger partial charge in [0.05, 0.1) is 5.60 Å². The maximum atomic E-state index is 5.75. The Hall–Kier alpha value is -0.0800. The van der Waals surface area contributed by atoms with Crippen LogP contribution in [0.2, 0.25) is 0 Å². The molecule has 0 aliphatic carbocycles. The molecular formula is C10H23NO. The maximum Gasteiger partial charge on any atom is 0.0815 e. The highest BCUT2D eigenvalue weighted by Gasteiger charge is 2.15. The van der Waals surface area contributed by atoms with Crippen LogP contribution in [-0.4, -0.2) is 23.8 Å². The van der Waals surface area contributed by atoms with Crippen LogP contribution in [0.3, 0.4) is 0 Å². The van der Waals surface area contributed by atoms with Crippen molar-refractivity contribution in [2.45, 2.75) is 53.1 Å². The summed E-state index contributed by atoms with van der Waals surface area (Å²) in [6, 6.07) is 0. The minimum atomic E-state index is -0.0513. The van der Waals surface area contributed by atoms with E-state index in [4.69, 9.17) is 4.84 Å². The molecule has 0 aliphatic heterocycles. The number of hydrogen-bond acceptors (Lipinski definition) is 2. The van der Waals surface area contributed by atoms with Crippen molar-refractivity contribution in [2.75, 3.05) is 13.1 Å². The quantitative estimate of drug-likeness (QED) is 0.593. The Morgan fingerprint density at radius 3 is 1.67 bits per heavy atom. The van der Waals surface area contributed by atoms with E-state index in [1.54, 1.807) is 0 Å². The predicted octanol–water partition coefficient (Wildman–Crippen LogP) is 2.84. The van der Waals surface area contributed by atoms with Gasteiger partial charge in [-0.2, -0.15) is 5.06 Å².